The summed E-state index contributed by atoms with van der Waals surface area (Å²) in [6.45, 7) is 4.36. The molecule has 17 heavy (non-hydrogen) atoms. The summed E-state index contributed by atoms with van der Waals surface area (Å²) in [5, 5.41) is 0. The van der Waals surface area contributed by atoms with Gasteiger partial charge in [0.05, 0.1) is 6.10 Å². The fraction of sp³-hybridized carbons (Fsp3) is 1.00. The molecule has 0 amide bonds. The third-order valence-electron chi connectivity index (χ3n) is 4.46. The lowest BCUT2D eigenvalue weighted by Crippen LogP contribution is -2.51. The molecule has 2 aliphatic rings. The summed E-state index contributed by atoms with van der Waals surface area (Å²) in [7, 11) is 2.22. The van der Waals surface area contributed by atoms with Gasteiger partial charge in [0, 0.05) is 25.2 Å². The van der Waals surface area contributed by atoms with Crippen LogP contribution in [0.4, 0.5) is 0 Å². The Labute approximate surface area is 106 Å². The molecule has 100 valence electrons. The van der Waals surface area contributed by atoms with Crippen molar-refractivity contribution >= 4 is 0 Å². The highest BCUT2D eigenvalue weighted by Crippen LogP contribution is 2.27. The molecule has 0 aromatic heterocycles. The van der Waals surface area contributed by atoms with E-state index in [-0.39, 0.29) is 0 Å². The van der Waals surface area contributed by atoms with E-state index in [1.165, 1.54) is 38.5 Å². The molecule has 1 saturated carbocycles. The second-order valence-corrected chi connectivity index (χ2v) is 6.08. The lowest BCUT2D eigenvalue weighted by Gasteiger charge is -2.40. The summed E-state index contributed by atoms with van der Waals surface area (Å²) in [5.41, 5.74) is 6.26. The van der Waals surface area contributed by atoms with Crippen LogP contribution in [0.2, 0.25) is 0 Å². The van der Waals surface area contributed by atoms with Crippen molar-refractivity contribution in [3.05, 3.63) is 0 Å². The third-order valence-corrected chi connectivity index (χ3v) is 4.46. The van der Waals surface area contributed by atoms with E-state index in [1.807, 2.05) is 0 Å². The van der Waals surface area contributed by atoms with Crippen LogP contribution >= 0.6 is 0 Å². The Balaban J connectivity index is 1.82. The van der Waals surface area contributed by atoms with Crippen molar-refractivity contribution in [1.29, 1.82) is 0 Å². The predicted molar refractivity (Wildman–Crippen MR) is 71.0 cm³/mol. The Bertz CT molecular complexity index is 228. The van der Waals surface area contributed by atoms with E-state index < -0.39 is 0 Å². The standard InChI is InChI=1S/C14H28N2O/c1-11-6-7-13(15)14(9-11)16(2)10-12-5-3-4-8-17-12/h11-14H,3-10,15H2,1-2H3. The monoisotopic (exact) mass is 240 g/mol. The van der Waals surface area contributed by atoms with Crippen LogP contribution in [0.3, 0.4) is 0 Å². The zero-order chi connectivity index (χ0) is 12.3. The first-order valence-electron chi connectivity index (χ1n) is 7.24. The van der Waals surface area contributed by atoms with Crippen molar-refractivity contribution in [3.63, 3.8) is 0 Å². The smallest absolute Gasteiger partial charge is 0.0702 e. The molecule has 1 aliphatic heterocycles. The topological polar surface area (TPSA) is 38.5 Å². The van der Waals surface area contributed by atoms with Crippen LogP contribution in [0.1, 0.15) is 45.4 Å². The quantitative estimate of drug-likeness (QED) is 0.820. The molecule has 2 N–H and O–H groups in total. The predicted octanol–water partition coefficient (Wildman–Crippen LogP) is 2.00. The van der Waals surface area contributed by atoms with Gasteiger partial charge < -0.3 is 10.5 Å². The summed E-state index contributed by atoms with van der Waals surface area (Å²) in [6, 6.07) is 0.920. The number of hydrogen-bond donors (Lipinski definition) is 1. The Morgan fingerprint density at radius 1 is 1.24 bits per heavy atom. The van der Waals surface area contributed by atoms with Gasteiger partial charge in [0.25, 0.3) is 0 Å². The van der Waals surface area contributed by atoms with Crippen LogP contribution in [0.25, 0.3) is 0 Å². The molecule has 0 aromatic rings. The fourth-order valence-electron chi connectivity index (χ4n) is 3.29. The molecule has 0 spiro atoms. The van der Waals surface area contributed by atoms with Crippen molar-refractivity contribution in [2.45, 2.75) is 63.6 Å². The number of hydrogen-bond acceptors (Lipinski definition) is 3. The highest BCUT2D eigenvalue weighted by Gasteiger charge is 2.30. The molecule has 3 nitrogen and oxygen atoms in total. The van der Waals surface area contributed by atoms with E-state index in [4.69, 9.17) is 10.5 Å². The van der Waals surface area contributed by atoms with E-state index in [1.54, 1.807) is 0 Å². The molecule has 1 saturated heterocycles. The zero-order valence-corrected chi connectivity index (χ0v) is 11.4. The first-order chi connectivity index (χ1) is 8.16. The van der Waals surface area contributed by atoms with Gasteiger partial charge >= 0.3 is 0 Å². The Kier molecular flexibility index (Phi) is 4.83. The van der Waals surface area contributed by atoms with Crippen LogP contribution in [-0.4, -0.2) is 43.3 Å². The average Bonchev–Trinajstić information content (AvgIpc) is 2.33. The van der Waals surface area contributed by atoms with Crippen LogP contribution < -0.4 is 5.73 Å². The summed E-state index contributed by atoms with van der Waals surface area (Å²) in [4.78, 5) is 2.45. The highest BCUT2D eigenvalue weighted by atomic mass is 16.5. The normalized spacial score (nSPS) is 39.5. The summed E-state index contributed by atoms with van der Waals surface area (Å²) >= 11 is 0. The number of ether oxygens (including phenoxy) is 1. The summed E-state index contributed by atoms with van der Waals surface area (Å²) in [6.07, 6.45) is 7.96. The molecule has 2 rings (SSSR count). The average molecular weight is 240 g/mol. The van der Waals surface area contributed by atoms with Gasteiger partial charge in [0.2, 0.25) is 0 Å². The zero-order valence-electron chi connectivity index (χ0n) is 11.4. The second kappa shape index (κ2) is 6.17. The first-order valence-corrected chi connectivity index (χ1v) is 7.24. The molecule has 4 atom stereocenters. The molecule has 1 aliphatic carbocycles. The van der Waals surface area contributed by atoms with Crippen molar-refractivity contribution in [3.8, 4) is 0 Å². The van der Waals surface area contributed by atoms with Crippen LogP contribution in [-0.2, 0) is 4.74 Å². The van der Waals surface area contributed by atoms with Crippen LogP contribution in [0.15, 0.2) is 0 Å². The van der Waals surface area contributed by atoms with Crippen LogP contribution in [0.5, 0.6) is 0 Å². The number of rotatable bonds is 3. The highest BCUT2D eigenvalue weighted by molar-refractivity contribution is 4.88. The minimum absolute atomic E-state index is 0.361. The lowest BCUT2D eigenvalue weighted by atomic mass is 9.83. The van der Waals surface area contributed by atoms with Gasteiger partial charge in [-0.3, -0.25) is 4.90 Å². The Morgan fingerprint density at radius 3 is 2.76 bits per heavy atom. The van der Waals surface area contributed by atoms with Gasteiger partial charge in [0.15, 0.2) is 0 Å². The van der Waals surface area contributed by atoms with Gasteiger partial charge in [-0.25, -0.2) is 0 Å². The molecule has 3 heteroatoms. The second-order valence-electron chi connectivity index (χ2n) is 6.08. The van der Waals surface area contributed by atoms with E-state index in [0.29, 0.717) is 18.2 Å². The van der Waals surface area contributed by atoms with Gasteiger partial charge in [-0.1, -0.05) is 6.92 Å². The molecule has 2 fully saturated rings. The van der Waals surface area contributed by atoms with Crippen LogP contribution in [0, 0.1) is 5.92 Å². The van der Waals surface area contributed by atoms with E-state index in [0.717, 1.165) is 19.1 Å². The van der Waals surface area contributed by atoms with Gasteiger partial charge in [-0.2, -0.15) is 0 Å². The number of nitrogens with two attached hydrogens (primary N) is 1. The molecule has 1 heterocycles. The Hall–Kier alpha value is -0.120. The molecule has 4 unspecified atom stereocenters. The van der Waals surface area contributed by atoms with Crippen molar-refractivity contribution in [2.24, 2.45) is 11.7 Å². The molecule has 0 bridgehead atoms. The maximum Gasteiger partial charge on any atom is 0.0702 e. The SMILES string of the molecule is CC1CCC(N)C(N(C)CC2CCCCO2)C1. The lowest BCUT2D eigenvalue weighted by molar-refractivity contribution is -0.0145. The Morgan fingerprint density at radius 2 is 2.06 bits per heavy atom. The van der Waals surface area contributed by atoms with Crippen molar-refractivity contribution in [2.75, 3.05) is 20.2 Å². The fourth-order valence-corrected chi connectivity index (χ4v) is 3.29. The number of nitrogens with zero attached hydrogens (tertiary/aromatic N) is 1. The minimum Gasteiger partial charge on any atom is -0.377 e. The largest absolute Gasteiger partial charge is 0.377 e. The molecule has 0 aromatic carbocycles. The van der Waals surface area contributed by atoms with E-state index in [2.05, 4.69) is 18.9 Å². The minimum atomic E-state index is 0.361. The molecular weight excluding hydrogens is 212 g/mol. The van der Waals surface area contributed by atoms with E-state index >= 15 is 0 Å². The summed E-state index contributed by atoms with van der Waals surface area (Å²) in [5.74, 6) is 0.828. The summed E-state index contributed by atoms with van der Waals surface area (Å²) < 4.78 is 5.82. The van der Waals surface area contributed by atoms with Gasteiger partial charge in [-0.15, -0.1) is 0 Å². The van der Waals surface area contributed by atoms with E-state index in [9.17, 15) is 0 Å². The third kappa shape index (κ3) is 3.67. The maximum absolute atomic E-state index is 6.26. The molecule has 0 radical (unpaired) electrons. The first kappa shape index (κ1) is 13.3. The van der Waals surface area contributed by atoms with Gasteiger partial charge in [0.1, 0.15) is 0 Å². The van der Waals surface area contributed by atoms with Crippen molar-refractivity contribution < 1.29 is 4.74 Å². The number of likely N-dealkylation sites (N-methyl/N-ethyl adjacent to an activating group) is 1. The molecular formula is C14H28N2O. The van der Waals surface area contributed by atoms with Crippen molar-refractivity contribution in [1.82, 2.24) is 4.90 Å². The van der Waals surface area contributed by atoms with Gasteiger partial charge in [-0.05, 0) is 51.5 Å². The maximum atomic E-state index is 6.26.